The SMILES string of the molecule is CC(C)C(C)N(C)c1ccc(Cl)c(C(=O)O)n1. The molecule has 0 amide bonds. The molecule has 0 aliphatic carbocycles. The summed E-state index contributed by atoms with van der Waals surface area (Å²) in [7, 11) is 1.90. The number of aromatic carboxylic acids is 1. The van der Waals surface area contributed by atoms with E-state index in [2.05, 4.69) is 25.8 Å². The molecule has 0 aliphatic heterocycles. The Hall–Kier alpha value is -1.29. The molecular formula is C12H17ClN2O2. The van der Waals surface area contributed by atoms with Crippen LogP contribution in [0.15, 0.2) is 12.1 Å². The summed E-state index contributed by atoms with van der Waals surface area (Å²) in [5.41, 5.74) is -0.105. The van der Waals surface area contributed by atoms with Crippen LogP contribution in [0.2, 0.25) is 5.02 Å². The molecule has 0 saturated heterocycles. The third-order valence-corrected chi connectivity index (χ3v) is 3.28. The first-order chi connectivity index (χ1) is 7.84. The number of anilines is 1. The van der Waals surface area contributed by atoms with Crippen molar-refractivity contribution in [3.63, 3.8) is 0 Å². The van der Waals surface area contributed by atoms with Crippen LogP contribution in [-0.4, -0.2) is 29.1 Å². The van der Waals surface area contributed by atoms with Crippen LogP contribution in [0, 0.1) is 5.92 Å². The van der Waals surface area contributed by atoms with E-state index in [9.17, 15) is 4.79 Å². The van der Waals surface area contributed by atoms with Crippen molar-refractivity contribution in [2.75, 3.05) is 11.9 Å². The van der Waals surface area contributed by atoms with Crippen LogP contribution < -0.4 is 4.90 Å². The second kappa shape index (κ2) is 5.36. The maximum absolute atomic E-state index is 10.9. The van der Waals surface area contributed by atoms with Crippen molar-refractivity contribution in [3.8, 4) is 0 Å². The zero-order chi connectivity index (χ0) is 13.2. The summed E-state index contributed by atoms with van der Waals surface area (Å²) in [5.74, 6) is -0.0405. The van der Waals surface area contributed by atoms with Gasteiger partial charge in [-0.05, 0) is 25.0 Å². The number of rotatable bonds is 4. The highest BCUT2D eigenvalue weighted by Gasteiger charge is 2.18. The number of halogens is 1. The number of hydrogen-bond acceptors (Lipinski definition) is 3. The Balaban J connectivity index is 3.07. The van der Waals surface area contributed by atoms with Crippen molar-refractivity contribution in [1.82, 2.24) is 4.98 Å². The predicted octanol–water partition coefficient (Wildman–Crippen LogP) is 2.91. The molecule has 1 aromatic heterocycles. The highest BCUT2D eigenvalue weighted by molar-refractivity contribution is 6.33. The van der Waals surface area contributed by atoms with Crippen molar-refractivity contribution in [2.24, 2.45) is 5.92 Å². The van der Waals surface area contributed by atoms with E-state index in [1.54, 1.807) is 12.1 Å². The maximum Gasteiger partial charge on any atom is 0.356 e. The van der Waals surface area contributed by atoms with Crippen molar-refractivity contribution < 1.29 is 9.90 Å². The van der Waals surface area contributed by atoms with E-state index >= 15 is 0 Å². The van der Waals surface area contributed by atoms with E-state index in [4.69, 9.17) is 16.7 Å². The van der Waals surface area contributed by atoms with Crippen LogP contribution in [-0.2, 0) is 0 Å². The van der Waals surface area contributed by atoms with Gasteiger partial charge < -0.3 is 10.0 Å². The molecule has 4 nitrogen and oxygen atoms in total. The quantitative estimate of drug-likeness (QED) is 0.900. The summed E-state index contributed by atoms with van der Waals surface area (Å²) in [5, 5.41) is 9.11. The molecule has 0 saturated carbocycles. The second-order valence-corrected chi connectivity index (χ2v) is 4.81. The standard InChI is InChI=1S/C12H17ClN2O2/c1-7(2)8(3)15(4)10-6-5-9(13)11(14-10)12(16)17/h5-8H,1-4H3,(H,16,17). The fourth-order valence-corrected chi connectivity index (χ4v) is 1.62. The summed E-state index contributed by atoms with van der Waals surface area (Å²) in [6.07, 6.45) is 0. The third kappa shape index (κ3) is 3.09. The molecule has 1 N–H and O–H groups in total. The highest BCUT2D eigenvalue weighted by atomic mass is 35.5. The van der Waals surface area contributed by atoms with E-state index in [1.807, 2.05) is 11.9 Å². The summed E-state index contributed by atoms with van der Waals surface area (Å²) in [4.78, 5) is 17.0. The zero-order valence-corrected chi connectivity index (χ0v) is 11.2. The average Bonchev–Trinajstić information content (AvgIpc) is 2.27. The van der Waals surface area contributed by atoms with Crippen molar-refractivity contribution in [1.29, 1.82) is 0 Å². The largest absolute Gasteiger partial charge is 0.476 e. The lowest BCUT2D eigenvalue weighted by atomic mass is 10.1. The van der Waals surface area contributed by atoms with Crippen LogP contribution in [0.25, 0.3) is 0 Å². The lowest BCUT2D eigenvalue weighted by molar-refractivity contribution is 0.0691. The number of pyridine rings is 1. The Morgan fingerprint density at radius 3 is 2.47 bits per heavy atom. The topological polar surface area (TPSA) is 53.4 Å². The van der Waals surface area contributed by atoms with Gasteiger partial charge in [0.1, 0.15) is 5.82 Å². The second-order valence-electron chi connectivity index (χ2n) is 4.40. The first-order valence-electron chi connectivity index (χ1n) is 5.47. The van der Waals surface area contributed by atoms with Gasteiger partial charge in [-0.2, -0.15) is 0 Å². The smallest absolute Gasteiger partial charge is 0.356 e. The van der Waals surface area contributed by atoms with Crippen LogP contribution in [0.4, 0.5) is 5.82 Å². The number of carboxylic acid groups (broad SMARTS) is 1. The number of nitrogens with zero attached hydrogens (tertiary/aromatic N) is 2. The van der Waals surface area contributed by atoms with Gasteiger partial charge in [-0.25, -0.2) is 9.78 Å². The maximum atomic E-state index is 10.9. The normalized spacial score (nSPS) is 12.6. The van der Waals surface area contributed by atoms with E-state index < -0.39 is 5.97 Å². The molecule has 0 radical (unpaired) electrons. The van der Waals surface area contributed by atoms with E-state index in [1.165, 1.54) is 0 Å². The molecule has 0 spiro atoms. The molecule has 0 fully saturated rings. The predicted molar refractivity (Wildman–Crippen MR) is 68.9 cm³/mol. The minimum atomic E-state index is -1.11. The first kappa shape index (κ1) is 13.8. The Morgan fingerprint density at radius 2 is 2.00 bits per heavy atom. The first-order valence-corrected chi connectivity index (χ1v) is 5.85. The summed E-state index contributed by atoms with van der Waals surface area (Å²) < 4.78 is 0. The number of hydrogen-bond donors (Lipinski definition) is 1. The van der Waals surface area contributed by atoms with E-state index in [-0.39, 0.29) is 16.8 Å². The van der Waals surface area contributed by atoms with Gasteiger partial charge in [0.25, 0.3) is 0 Å². The van der Waals surface area contributed by atoms with Gasteiger partial charge in [0.15, 0.2) is 5.69 Å². The summed E-state index contributed by atoms with van der Waals surface area (Å²) in [6, 6.07) is 3.56. The minimum absolute atomic E-state index is 0.105. The Labute approximate surface area is 106 Å². The van der Waals surface area contributed by atoms with Gasteiger partial charge in [-0.3, -0.25) is 0 Å². The summed E-state index contributed by atoms with van der Waals surface area (Å²) in [6.45, 7) is 6.28. The van der Waals surface area contributed by atoms with Crippen molar-refractivity contribution in [2.45, 2.75) is 26.8 Å². The molecule has 0 aliphatic rings. The van der Waals surface area contributed by atoms with Gasteiger partial charge in [0.2, 0.25) is 0 Å². The molecule has 0 aromatic carbocycles. The van der Waals surface area contributed by atoms with Gasteiger partial charge >= 0.3 is 5.97 Å². The van der Waals surface area contributed by atoms with Gasteiger partial charge in [0, 0.05) is 13.1 Å². The number of aromatic nitrogens is 1. The van der Waals surface area contributed by atoms with E-state index in [0.29, 0.717) is 11.7 Å². The lowest BCUT2D eigenvalue weighted by Gasteiger charge is -2.29. The number of carbonyl (C=O) groups is 1. The molecule has 5 heteroatoms. The molecule has 1 atom stereocenters. The molecule has 94 valence electrons. The molecule has 1 unspecified atom stereocenters. The molecule has 1 rings (SSSR count). The molecule has 0 bridgehead atoms. The molecular weight excluding hydrogens is 240 g/mol. The van der Waals surface area contributed by atoms with Crippen LogP contribution in [0.3, 0.4) is 0 Å². The van der Waals surface area contributed by atoms with Gasteiger partial charge in [0.05, 0.1) is 5.02 Å². The van der Waals surface area contributed by atoms with Crippen LogP contribution >= 0.6 is 11.6 Å². The highest BCUT2D eigenvalue weighted by Crippen LogP contribution is 2.21. The molecule has 17 heavy (non-hydrogen) atoms. The fourth-order valence-electron chi connectivity index (χ4n) is 1.43. The third-order valence-electron chi connectivity index (χ3n) is 2.97. The van der Waals surface area contributed by atoms with Gasteiger partial charge in [-0.1, -0.05) is 25.4 Å². The van der Waals surface area contributed by atoms with Crippen molar-refractivity contribution >= 4 is 23.4 Å². The summed E-state index contributed by atoms with van der Waals surface area (Å²) >= 11 is 5.78. The Bertz CT molecular complexity index is 421. The van der Waals surface area contributed by atoms with Gasteiger partial charge in [-0.15, -0.1) is 0 Å². The zero-order valence-electron chi connectivity index (χ0n) is 10.4. The van der Waals surface area contributed by atoms with Crippen molar-refractivity contribution in [3.05, 3.63) is 22.8 Å². The van der Waals surface area contributed by atoms with Crippen LogP contribution in [0.5, 0.6) is 0 Å². The Morgan fingerprint density at radius 1 is 1.41 bits per heavy atom. The Kier molecular flexibility index (Phi) is 4.34. The monoisotopic (exact) mass is 256 g/mol. The lowest BCUT2D eigenvalue weighted by Crippen LogP contribution is -2.34. The minimum Gasteiger partial charge on any atom is -0.476 e. The average molecular weight is 257 g/mol. The fraction of sp³-hybridized carbons (Fsp3) is 0.500. The van der Waals surface area contributed by atoms with E-state index in [0.717, 1.165) is 0 Å². The molecule has 1 aromatic rings. The number of carboxylic acids is 1. The van der Waals surface area contributed by atoms with Crippen LogP contribution in [0.1, 0.15) is 31.3 Å². The molecule has 1 heterocycles.